The molecule has 0 spiro atoms. The van der Waals surface area contributed by atoms with Gasteiger partial charge < -0.3 is 4.74 Å². The van der Waals surface area contributed by atoms with E-state index in [1.54, 1.807) is 0 Å². The van der Waals surface area contributed by atoms with Crippen LogP contribution in [0.4, 0.5) is 13.2 Å². The minimum atomic E-state index is -4.57. The first-order chi connectivity index (χ1) is 14.9. The number of hydrogen-bond acceptors (Lipinski definition) is 5. The van der Waals surface area contributed by atoms with Crippen molar-refractivity contribution in [1.29, 1.82) is 0 Å². The smallest absolute Gasteiger partial charge is 0.416 e. The van der Waals surface area contributed by atoms with Gasteiger partial charge in [0.1, 0.15) is 0 Å². The number of nitrogens with zero attached hydrogens (tertiary/aromatic N) is 2. The predicted octanol–water partition coefficient (Wildman–Crippen LogP) is 4.36. The number of sulfone groups is 1. The van der Waals surface area contributed by atoms with Gasteiger partial charge in [0.05, 0.1) is 29.0 Å². The molecular weight excluding hydrogens is 445 g/mol. The van der Waals surface area contributed by atoms with Crippen LogP contribution in [0.3, 0.4) is 0 Å². The standard InChI is InChI=1S/C22H21F3N2O4S/c1-14(2)13-31-20-19(15-7-9-18(10-8-15)32(3,29)30)12-26-27(21(20)28)17-6-4-5-16(11-17)22(23,24)25/h4-12,14H,13H2,1-3H3. The number of benzene rings is 2. The Kier molecular flexibility index (Phi) is 6.45. The van der Waals surface area contributed by atoms with Crippen LogP contribution in [0.1, 0.15) is 19.4 Å². The van der Waals surface area contributed by atoms with E-state index in [1.165, 1.54) is 42.6 Å². The molecule has 0 N–H and O–H groups in total. The lowest BCUT2D eigenvalue weighted by Gasteiger charge is -2.15. The molecule has 0 unspecified atom stereocenters. The van der Waals surface area contributed by atoms with Crippen molar-refractivity contribution in [2.24, 2.45) is 5.92 Å². The molecule has 1 heterocycles. The first kappa shape index (κ1) is 23.5. The quantitative estimate of drug-likeness (QED) is 0.540. The zero-order valence-corrected chi connectivity index (χ0v) is 18.4. The Balaban J connectivity index is 2.15. The minimum absolute atomic E-state index is 0.0572. The van der Waals surface area contributed by atoms with E-state index >= 15 is 0 Å². The molecule has 3 rings (SSSR count). The van der Waals surface area contributed by atoms with Crippen LogP contribution in [0.15, 0.2) is 64.4 Å². The van der Waals surface area contributed by atoms with Crippen LogP contribution in [0, 0.1) is 5.92 Å². The fourth-order valence-corrected chi connectivity index (χ4v) is 3.54. The van der Waals surface area contributed by atoms with E-state index in [0.29, 0.717) is 11.1 Å². The summed E-state index contributed by atoms with van der Waals surface area (Å²) in [5.74, 6) is -0.0109. The van der Waals surface area contributed by atoms with E-state index in [0.717, 1.165) is 23.1 Å². The first-order valence-electron chi connectivity index (χ1n) is 9.61. The Morgan fingerprint density at radius 1 is 1.09 bits per heavy atom. The van der Waals surface area contributed by atoms with Crippen LogP contribution in [-0.2, 0) is 16.0 Å². The Morgan fingerprint density at radius 3 is 2.31 bits per heavy atom. The minimum Gasteiger partial charge on any atom is -0.487 e. The van der Waals surface area contributed by atoms with Crippen LogP contribution >= 0.6 is 0 Å². The molecule has 0 fully saturated rings. The molecule has 3 aromatic rings. The van der Waals surface area contributed by atoms with Gasteiger partial charge in [-0.25, -0.2) is 8.42 Å². The molecule has 0 atom stereocenters. The molecule has 170 valence electrons. The third-order valence-electron chi connectivity index (χ3n) is 4.51. The van der Waals surface area contributed by atoms with Crippen molar-refractivity contribution in [2.75, 3.05) is 12.9 Å². The molecular formula is C22H21F3N2O4S. The molecule has 10 heteroatoms. The second kappa shape index (κ2) is 8.78. The number of aromatic nitrogens is 2. The van der Waals surface area contributed by atoms with Gasteiger partial charge in [0.2, 0.25) is 0 Å². The van der Waals surface area contributed by atoms with E-state index in [1.807, 2.05) is 13.8 Å². The number of halogens is 3. The van der Waals surface area contributed by atoms with Gasteiger partial charge in [0.25, 0.3) is 0 Å². The molecule has 0 aliphatic carbocycles. The van der Waals surface area contributed by atoms with Crippen molar-refractivity contribution < 1.29 is 26.3 Å². The Bertz CT molecular complexity index is 1280. The summed E-state index contributed by atoms with van der Waals surface area (Å²) in [6.07, 6.45) is -2.18. The number of rotatable bonds is 6. The molecule has 0 bridgehead atoms. The van der Waals surface area contributed by atoms with Gasteiger partial charge in [-0.05, 0) is 41.8 Å². The molecule has 0 amide bonds. The van der Waals surface area contributed by atoms with E-state index < -0.39 is 27.1 Å². The third-order valence-corrected chi connectivity index (χ3v) is 5.63. The SMILES string of the molecule is CC(C)COc1c(-c2ccc(S(C)(=O)=O)cc2)cnn(-c2cccc(C(F)(F)F)c2)c1=O. The molecule has 2 aromatic carbocycles. The van der Waals surface area contributed by atoms with Crippen LogP contribution in [0.25, 0.3) is 16.8 Å². The van der Waals surface area contributed by atoms with E-state index in [9.17, 15) is 26.4 Å². The van der Waals surface area contributed by atoms with E-state index in [4.69, 9.17) is 4.74 Å². The summed E-state index contributed by atoms with van der Waals surface area (Å²) in [5, 5.41) is 4.05. The summed E-state index contributed by atoms with van der Waals surface area (Å²) < 4.78 is 69.3. The van der Waals surface area contributed by atoms with Crippen LogP contribution in [0.2, 0.25) is 0 Å². The average Bonchev–Trinajstić information content (AvgIpc) is 2.71. The highest BCUT2D eigenvalue weighted by atomic mass is 32.2. The van der Waals surface area contributed by atoms with Crippen molar-refractivity contribution in [3.05, 3.63) is 70.6 Å². The molecule has 32 heavy (non-hydrogen) atoms. The second-order valence-corrected chi connectivity index (χ2v) is 9.67. The van der Waals surface area contributed by atoms with Crippen LogP contribution in [-0.4, -0.2) is 31.1 Å². The van der Waals surface area contributed by atoms with Gasteiger partial charge in [0.15, 0.2) is 15.6 Å². The Hall–Kier alpha value is -3.14. The Morgan fingerprint density at radius 2 is 1.75 bits per heavy atom. The van der Waals surface area contributed by atoms with Gasteiger partial charge in [-0.15, -0.1) is 0 Å². The van der Waals surface area contributed by atoms with Crippen molar-refractivity contribution in [2.45, 2.75) is 24.9 Å². The van der Waals surface area contributed by atoms with Crippen molar-refractivity contribution >= 4 is 9.84 Å². The molecule has 0 saturated heterocycles. The fourth-order valence-electron chi connectivity index (χ4n) is 2.91. The van der Waals surface area contributed by atoms with Gasteiger partial charge in [-0.2, -0.15) is 23.0 Å². The van der Waals surface area contributed by atoms with Crippen LogP contribution < -0.4 is 10.3 Å². The topological polar surface area (TPSA) is 78.3 Å². The van der Waals surface area contributed by atoms with E-state index in [-0.39, 0.29) is 28.9 Å². The molecule has 6 nitrogen and oxygen atoms in total. The Labute approximate surface area is 183 Å². The fraction of sp³-hybridized carbons (Fsp3) is 0.273. The highest BCUT2D eigenvalue weighted by Gasteiger charge is 2.31. The number of alkyl halides is 3. The largest absolute Gasteiger partial charge is 0.487 e. The zero-order valence-electron chi connectivity index (χ0n) is 17.6. The van der Waals surface area contributed by atoms with Crippen molar-refractivity contribution in [3.8, 4) is 22.6 Å². The maximum atomic E-state index is 13.2. The lowest BCUT2D eigenvalue weighted by Crippen LogP contribution is -2.25. The summed E-state index contributed by atoms with van der Waals surface area (Å²) in [6.45, 7) is 3.95. The highest BCUT2D eigenvalue weighted by Crippen LogP contribution is 2.31. The van der Waals surface area contributed by atoms with Gasteiger partial charge in [-0.1, -0.05) is 32.0 Å². The molecule has 0 aliphatic rings. The number of ether oxygens (including phenoxy) is 1. The van der Waals surface area contributed by atoms with Gasteiger partial charge in [0, 0.05) is 11.8 Å². The van der Waals surface area contributed by atoms with Gasteiger partial charge >= 0.3 is 11.7 Å². The lowest BCUT2D eigenvalue weighted by molar-refractivity contribution is -0.137. The highest BCUT2D eigenvalue weighted by molar-refractivity contribution is 7.90. The van der Waals surface area contributed by atoms with E-state index in [2.05, 4.69) is 5.10 Å². The predicted molar refractivity (Wildman–Crippen MR) is 114 cm³/mol. The van der Waals surface area contributed by atoms with Crippen LogP contribution in [0.5, 0.6) is 5.75 Å². The summed E-state index contributed by atoms with van der Waals surface area (Å²) in [5.41, 5.74) is -0.905. The lowest BCUT2D eigenvalue weighted by atomic mass is 10.1. The van der Waals surface area contributed by atoms with Crippen molar-refractivity contribution in [1.82, 2.24) is 9.78 Å². The maximum absolute atomic E-state index is 13.2. The summed E-state index contributed by atoms with van der Waals surface area (Å²) in [7, 11) is -3.41. The maximum Gasteiger partial charge on any atom is 0.416 e. The van der Waals surface area contributed by atoms with Crippen molar-refractivity contribution in [3.63, 3.8) is 0 Å². The monoisotopic (exact) mass is 466 g/mol. The number of hydrogen-bond donors (Lipinski definition) is 0. The average molecular weight is 466 g/mol. The summed E-state index contributed by atoms with van der Waals surface area (Å²) >= 11 is 0. The molecule has 0 radical (unpaired) electrons. The van der Waals surface area contributed by atoms with Gasteiger partial charge in [-0.3, -0.25) is 4.79 Å². The zero-order chi connectivity index (χ0) is 23.7. The summed E-state index contributed by atoms with van der Waals surface area (Å²) in [4.78, 5) is 13.3. The molecule has 0 aliphatic heterocycles. The third kappa shape index (κ3) is 5.18. The molecule has 1 aromatic heterocycles. The second-order valence-electron chi connectivity index (χ2n) is 7.65. The summed E-state index contributed by atoms with van der Waals surface area (Å²) in [6, 6.07) is 10.1. The molecule has 0 saturated carbocycles. The normalized spacial score (nSPS) is 12.2. The first-order valence-corrected chi connectivity index (χ1v) is 11.5.